The van der Waals surface area contributed by atoms with Crippen molar-refractivity contribution in [3.05, 3.63) is 71.0 Å². The summed E-state index contributed by atoms with van der Waals surface area (Å²) in [5, 5.41) is 0. The van der Waals surface area contributed by atoms with E-state index in [1.807, 2.05) is 25.1 Å². The molecular weight excluding hydrogens is 215 g/mol. The fraction of sp³-hybridized carbons (Fsp3) is 0.133. The van der Waals surface area contributed by atoms with Crippen LogP contribution in [0, 0.1) is 5.82 Å². The molecule has 0 radical (unpaired) electrons. The van der Waals surface area contributed by atoms with Crippen molar-refractivity contribution >= 4 is 5.78 Å². The molecule has 0 spiro atoms. The summed E-state index contributed by atoms with van der Waals surface area (Å²) in [5.41, 5.74) is 1.74. The minimum atomic E-state index is -0.473. The number of halogens is 1. The third-order valence-electron chi connectivity index (χ3n) is 2.72. The van der Waals surface area contributed by atoms with Gasteiger partial charge in [0.2, 0.25) is 0 Å². The highest BCUT2D eigenvalue weighted by molar-refractivity contribution is 6.09. The van der Waals surface area contributed by atoms with E-state index in [2.05, 4.69) is 0 Å². The Morgan fingerprint density at radius 2 is 1.88 bits per heavy atom. The summed E-state index contributed by atoms with van der Waals surface area (Å²) >= 11 is 0. The Morgan fingerprint density at radius 3 is 2.59 bits per heavy atom. The van der Waals surface area contributed by atoms with Gasteiger partial charge in [-0.1, -0.05) is 37.3 Å². The number of aryl methyl sites for hydroxylation is 1. The lowest BCUT2D eigenvalue weighted by Gasteiger charge is -2.04. The van der Waals surface area contributed by atoms with Gasteiger partial charge in [0.05, 0.1) is 5.56 Å². The van der Waals surface area contributed by atoms with Crippen molar-refractivity contribution < 1.29 is 9.18 Å². The van der Waals surface area contributed by atoms with E-state index in [1.54, 1.807) is 18.2 Å². The van der Waals surface area contributed by atoms with Crippen LogP contribution in [0.4, 0.5) is 4.39 Å². The van der Waals surface area contributed by atoms with Gasteiger partial charge in [-0.05, 0) is 30.2 Å². The molecule has 0 atom stereocenters. The highest BCUT2D eigenvalue weighted by Gasteiger charge is 2.13. The van der Waals surface area contributed by atoms with Gasteiger partial charge in [-0.3, -0.25) is 4.79 Å². The van der Waals surface area contributed by atoms with Gasteiger partial charge in [0.1, 0.15) is 5.82 Å². The molecule has 17 heavy (non-hydrogen) atoms. The summed E-state index contributed by atoms with van der Waals surface area (Å²) in [6.07, 6.45) is 0.860. The molecule has 0 fully saturated rings. The quantitative estimate of drug-likeness (QED) is 0.733. The molecule has 0 bridgehead atoms. The van der Waals surface area contributed by atoms with Crippen molar-refractivity contribution in [3.63, 3.8) is 0 Å². The number of carbonyl (C=O) groups is 1. The summed E-state index contributed by atoms with van der Waals surface area (Å²) in [5.74, 6) is -0.738. The van der Waals surface area contributed by atoms with Crippen LogP contribution in [0.3, 0.4) is 0 Å². The van der Waals surface area contributed by atoms with Crippen molar-refractivity contribution in [1.29, 1.82) is 0 Å². The lowest BCUT2D eigenvalue weighted by Crippen LogP contribution is -2.04. The number of hydrogen-bond acceptors (Lipinski definition) is 1. The number of ketones is 1. The van der Waals surface area contributed by atoms with E-state index >= 15 is 0 Å². The van der Waals surface area contributed by atoms with E-state index in [1.165, 1.54) is 12.1 Å². The molecule has 0 amide bonds. The molecule has 0 aliphatic heterocycles. The van der Waals surface area contributed by atoms with Gasteiger partial charge >= 0.3 is 0 Å². The average molecular weight is 228 g/mol. The topological polar surface area (TPSA) is 17.1 Å². The van der Waals surface area contributed by atoms with Crippen molar-refractivity contribution in [2.75, 3.05) is 0 Å². The van der Waals surface area contributed by atoms with Crippen LogP contribution in [-0.4, -0.2) is 5.78 Å². The fourth-order valence-corrected chi connectivity index (χ4v) is 1.73. The molecule has 2 rings (SSSR count). The highest BCUT2D eigenvalue weighted by atomic mass is 19.1. The van der Waals surface area contributed by atoms with Crippen molar-refractivity contribution in [3.8, 4) is 0 Å². The Balaban J connectivity index is 2.40. The van der Waals surface area contributed by atoms with Crippen molar-refractivity contribution in [2.24, 2.45) is 0 Å². The standard InChI is InChI=1S/C15H13FO/c1-2-11-6-5-7-12(10-11)15(17)13-8-3-4-9-14(13)16/h3-10H,2H2,1H3. The van der Waals surface area contributed by atoms with Gasteiger partial charge in [0.15, 0.2) is 5.78 Å². The van der Waals surface area contributed by atoms with E-state index in [0.717, 1.165) is 12.0 Å². The summed E-state index contributed by atoms with van der Waals surface area (Å²) in [7, 11) is 0. The molecule has 0 aliphatic carbocycles. The second-order valence-corrected chi connectivity index (χ2v) is 3.86. The maximum absolute atomic E-state index is 13.5. The maximum Gasteiger partial charge on any atom is 0.195 e. The Kier molecular flexibility index (Phi) is 3.33. The second-order valence-electron chi connectivity index (χ2n) is 3.86. The maximum atomic E-state index is 13.5. The molecule has 0 aliphatic rings. The summed E-state index contributed by atoms with van der Waals surface area (Å²) in [6.45, 7) is 2.02. The molecular formula is C15H13FO. The predicted molar refractivity (Wildman–Crippen MR) is 65.7 cm³/mol. The Morgan fingerprint density at radius 1 is 1.12 bits per heavy atom. The van der Waals surface area contributed by atoms with Crippen LogP contribution in [0.1, 0.15) is 28.4 Å². The van der Waals surface area contributed by atoms with Gasteiger partial charge in [0, 0.05) is 5.56 Å². The van der Waals surface area contributed by atoms with Crippen LogP contribution >= 0.6 is 0 Å². The second kappa shape index (κ2) is 4.91. The normalized spacial score (nSPS) is 10.2. The monoisotopic (exact) mass is 228 g/mol. The lowest BCUT2D eigenvalue weighted by atomic mass is 10.0. The molecule has 2 heteroatoms. The minimum absolute atomic E-state index is 0.126. The first-order valence-corrected chi connectivity index (χ1v) is 5.60. The van der Waals surface area contributed by atoms with Gasteiger partial charge in [-0.15, -0.1) is 0 Å². The number of carbonyl (C=O) groups excluding carboxylic acids is 1. The molecule has 0 saturated carbocycles. The van der Waals surface area contributed by atoms with Crippen molar-refractivity contribution in [2.45, 2.75) is 13.3 Å². The average Bonchev–Trinajstić information content (AvgIpc) is 2.38. The lowest BCUT2D eigenvalue weighted by molar-refractivity contribution is 0.103. The zero-order valence-electron chi connectivity index (χ0n) is 9.61. The molecule has 0 aromatic heterocycles. The number of rotatable bonds is 3. The van der Waals surface area contributed by atoms with Crippen LogP contribution in [-0.2, 0) is 6.42 Å². The Bertz CT molecular complexity index is 546. The summed E-state index contributed by atoms with van der Waals surface area (Å²) in [6, 6.07) is 13.4. The van der Waals surface area contributed by atoms with Crippen LogP contribution < -0.4 is 0 Å². The number of benzene rings is 2. The first-order valence-electron chi connectivity index (χ1n) is 5.60. The molecule has 0 unspecified atom stereocenters. The van der Waals surface area contributed by atoms with Crippen LogP contribution in [0.5, 0.6) is 0 Å². The third kappa shape index (κ3) is 2.41. The van der Waals surface area contributed by atoms with E-state index < -0.39 is 5.82 Å². The van der Waals surface area contributed by atoms with Gasteiger partial charge in [-0.25, -0.2) is 4.39 Å². The smallest absolute Gasteiger partial charge is 0.195 e. The van der Waals surface area contributed by atoms with Crippen LogP contribution in [0.2, 0.25) is 0 Å². The van der Waals surface area contributed by atoms with E-state index in [4.69, 9.17) is 0 Å². The molecule has 0 saturated heterocycles. The van der Waals surface area contributed by atoms with Crippen molar-refractivity contribution in [1.82, 2.24) is 0 Å². The minimum Gasteiger partial charge on any atom is -0.288 e. The SMILES string of the molecule is CCc1cccc(C(=O)c2ccccc2F)c1. The summed E-state index contributed by atoms with van der Waals surface area (Å²) in [4.78, 5) is 12.1. The van der Waals surface area contributed by atoms with Gasteiger partial charge < -0.3 is 0 Å². The van der Waals surface area contributed by atoms with E-state index in [9.17, 15) is 9.18 Å². The Labute approximate surface area is 99.9 Å². The first-order chi connectivity index (χ1) is 8.22. The fourth-order valence-electron chi connectivity index (χ4n) is 1.73. The van der Waals surface area contributed by atoms with Gasteiger partial charge in [0.25, 0.3) is 0 Å². The highest BCUT2D eigenvalue weighted by Crippen LogP contribution is 2.14. The van der Waals surface area contributed by atoms with Crippen LogP contribution in [0.15, 0.2) is 48.5 Å². The molecule has 1 nitrogen and oxygen atoms in total. The zero-order chi connectivity index (χ0) is 12.3. The Hall–Kier alpha value is -1.96. The molecule has 0 N–H and O–H groups in total. The largest absolute Gasteiger partial charge is 0.288 e. The zero-order valence-corrected chi connectivity index (χ0v) is 9.61. The first kappa shape index (κ1) is 11.5. The molecule has 2 aromatic carbocycles. The predicted octanol–water partition coefficient (Wildman–Crippen LogP) is 3.62. The number of hydrogen-bond donors (Lipinski definition) is 0. The van der Waals surface area contributed by atoms with Crippen LogP contribution in [0.25, 0.3) is 0 Å². The van der Waals surface area contributed by atoms with Gasteiger partial charge in [-0.2, -0.15) is 0 Å². The third-order valence-corrected chi connectivity index (χ3v) is 2.72. The van der Waals surface area contributed by atoms with E-state index in [-0.39, 0.29) is 11.3 Å². The molecule has 2 aromatic rings. The molecule has 86 valence electrons. The molecule has 0 heterocycles. The summed E-state index contributed by atoms with van der Waals surface area (Å²) < 4.78 is 13.5. The van der Waals surface area contributed by atoms with E-state index in [0.29, 0.717) is 5.56 Å².